The van der Waals surface area contributed by atoms with Crippen LogP contribution in [0.2, 0.25) is 0 Å². The molecule has 0 aliphatic carbocycles. The van der Waals surface area contributed by atoms with E-state index in [0.29, 0.717) is 0 Å². The van der Waals surface area contributed by atoms with E-state index in [4.69, 9.17) is 9.97 Å². The highest BCUT2D eigenvalue weighted by atomic mass is 16.3. The number of aromatic nitrogens is 2. The Morgan fingerprint density at radius 2 is 1.42 bits per heavy atom. The van der Waals surface area contributed by atoms with E-state index >= 15 is 0 Å². The lowest BCUT2D eigenvalue weighted by molar-refractivity contribution is 0.265. The van der Waals surface area contributed by atoms with Crippen LogP contribution in [0.1, 0.15) is 52.3 Å². The molecule has 0 spiro atoms. The van der Waals surface area contributed by atoms with Crippen molar-refractivity contribution in [2.24, 2.45) is 0 Å². The van der Waals surface area contributed by atoms with E-state index in [1.54, 1.807) is 0 Å². The highest BCUT2D eigenvalue weighted by Gasteiger charge is 2.31. The predicted molar refractivity (Wildman–Crippen MR) is 95.6 cm³/mol. The molecular formula is C18H30N4O2. The molecule has 0 saturated carbocycles. The Bertz CT molecular complexity index is 532. The summed E-state index contributed by atoms with van der Waals surface area (Å²) in [6, 6.07) is 2.33. The van der Waals surface area contributed by atoms with Crippen molar-refractivity contribution in [1.82, 2.24) is 9.97 Å². The van der Waals surface area contributed by atoms with E-state index in [0.717, 1.165) is 56.2 Å². The van der Waals surface area contributed by atoms with E-state index < -0.39 is 0 Å². The molecule has 1 aromatic heterocycles. The van der Waals surface area contributed by atoms with Crippen LogP contribution in [0.25, 0.3) is 0 Å². The van der Waals surface area contributed by atoms with Crippen LogP contribution in [0.4, 0.5) is 11.6 Å². The maximum absolute atomic E-state index is 9.66. The molecule has 2 saturated heterocycles. The second-order valence-electron chi connectivity index (χ2n) is 8.00. The minimum absolute atomic E-state index is 0.145. The van der Waals surface area contributed by atoms with Crippen LogP contribution in [0.15, 0.2) is 6.07 Å². The molecule has 2 aliphatic rings. The van der Waals surface area contributed by atoms with Crippen molar-refractivity contribution in [2.45, 2.75) is 64.0 Å². The first kappa shape index (κ1) is 17.4. The third-order valence-electron chi connectivity index (χ3n) is 5.13. The summed E-state index contributed by atoms with van der Waals surface area (Å²) in [5, 5.41) is 19.3. The Kier molecular flexibility index (Phi) is 4.97. The molecule has 134 valence electrons. The van der Waals surface area contributed by atoms with Crippen molar-refractivity contribution in [3.63, 3.8) is 0 Å². The number of hydrogen-bond donors (Lipinski definition) is 2. The summed E-state index contributed by atoms with van der Waals surface area (Å²) in [6.07, 6.45) is 4.17. The lowest BCUT2D eigenvalue weighted by Gasteiger charge is -2.30. The monoisotopic (exact) mass is 334 g/mol. The van der Waals surface area contributed by atoms with E-state index in [2.05, 4.69) is 30.6 Å². The maximum Gasteiger partial charge on any atom is 0.138 e. The van der Waals surface area contributed by atoms with Crippen LogP contribution >= 0.6 is 0 Å². The summed E-state index contributed by atoms with van der Waals surface area (Å²) in [5.74, 6) is 2.64. The van der Waals surface area contributed by atoms with Crippen LogP contribution < -0.4 is 9.80 Å². The van der Waals surface area contributed by atoms with Gasteiger partial charge in [0.05, 0.1) is 25.3 Å². The van der Waals surface area contributed by atoms with Crippen LogP contribution in [-0.4, -0.2) is 58.6 Å². The van der Waals surface area contributed by atoms with Gasteiger partial charge in [-0.25, -0.2) is 9.97 Å². The molecule has 6 nitrogen and oxygen atoms in total. The minimum Gasteiger partial charge on any atom is -0.394 e. The summed E-state index contributed by atoms with van der Waals surface area (Å²) in [5.41, 5.74) is -0.145. The fourth-order valence-electron chi connectivity index (χ4n) is 3.71. The minimum atomic E-state index is -0.145. The first-order chi connectivity index (χ1) is 11.4. The van der Waals surface area contributed by atoms with Gasteiger partial charge in [-0.2, -0.15) is 0 Å². The molecule has 2 N–H and O–H groups in total. The van der Waals surface area contributed by atoms with E-state index in [9.17, 15) is 10.2 Å². The molecule has 24 heavy (non-hydrogen) atoms. The topological polar surface area (TPSA) is 72.7 Å². The molecule has 6 heteroatoms. The summed E-state index contributed by atoms with van der Waals surface area (Å²) in [6.45, 7) is 8.54. The summed E-state index contributed by atoms with van der Waals surface area (Å²) in [4.78, 5) is 14.1. The molecule has 0 radical (unpaired) electrons. The lowest BCUT2D eigenvalue weighted by Crippen LogP contribution is -2.36. The quantitative estimate of drug-likeness (QED) is 0.873. The van der Waals surface area contributed by atoms with Gasteiger partial charge in [-0.15, -0.1) is 0 Å². The number of anilines is 2. The SMILES string of the molecule is CC(C)(C)c1nc(N2CCC[C@@H]2CO)cc(N2CCC[C@@H]2CO)n1. The Hall–Kier alpha value is -1.40. The number of rotatable bonds is 4. The van der Waals surface area contributed by atoms with E-state index in [1.807, 2.05) is 6.07 Å². The van der Waals surface area contributed by atoms with Crippen molar-refractivity contribution < 1.29 is 10.2 Å². The molecule has 3 rings (SSSR count). The Labute approximate surface area is 144 Å². The average Bonchev–Trinajstić information content (AvgIpc) is 3.22. The fourth-order valence-corrected chi connectivity index (χ4v) is 3.71. The molecule has 2 atom stereocenters. The van der Waals surface area contributed by atoms with Crippen LogP contribution in [-0.2, 0) is 5.41 Å². The van der Waals surface area contributed by atoms with E-state index in [-0.39, 0.29) is 30.7 Å². The van der Waals surface area contributed by atoms with Gasteiger partial charge in [-0.05, 0) is 25.7 Å². The van der Waals surface area contributed by atoms with Crippen molar-refractivity contribution in [3.8, 4) is 0 Å². The number of aliphatic hydroxyl groups excluding tert-OH is 2. The Morgan fingerprint density at radius 3 is 1.79 bits per heavy atom. The molecular weight excluding hydrogens is 304 g/mol. The first-order valence-corrected chi connectivity index (χ1v) is 9.08. The molecule has 0 aromatic carbocycles. The highest BCUT2D eigenvalue weighted by molar-refractivity contribution is 5.54. The molecule has 0 amide bonds. The van der Waals surface area contributed by atoms with Crippen molar-refractivity contribution in [1.29, 1.82) is 0 Å². The summed E-state index contributed by atoms with van der Waals surface area (Å²) in [7, 11) is 0. The maximum atomic E-state index is 9.66. The van der Waals surface area contributed by atoms with Gasteiger partial charge in [-0.3, -0.25) is 0 Å². The average molecular weight is 334 g/mol. The largest absolute Gasteiger partial charge is 0.394 e. The third kappa shape index (κ3) is 3.35. The summed E-state index contributed by atoms with van der Waals surface area (Å²) < 4.78 is 0. The molecule has 3 heterocycles. The molecule has 0 bridgehead atoms. The Balaban J connectivity index is 2.01. The third-order valence-corrected chi connectivity index (χ3v) is 5.13. The van der Waals surface area contributed by atoms with Crippen LogP contribution in [0.5, 0.6) is 0 Å². The lowest BCUT2D eigenvalue weighted by atomic mass is 9.95. The van der Waals surface area contributed by atoms with Crippen molar-refractivity contribution in [2.75, 3.05) is 36.1 Å². The van der Waals surface area contributed by atoms with Gasteiger partial charge < -0.3 is 20.0 Å². The molecule has 0 unspecified atom stereocenters. The molecule has 1 aromatic rings. The number of nitrogens with zero attached hydrogens (tertiary/aromatic N) is 4. The van der Waals surface area contributed by atoms with Gasteiger partial charge in [-0.1, -0.05) is 20.8 Å². The highest BCUT2D eigenvalue weighted by Crippen LogP contribution is 2.32. The van der Waals surface area contributed by atoms with Gasteiger partial charge in [0, 0.05) is 24.6 Å². The second-order valence-corrected chi connectivity index (χ2v) is 8.00. The summed E-state index contributed by atoms with van der Waals surface area (Å²) >= 11 is 0. The van der Waals surface area contributed by atoms with Crippen LogP contribution in [0, 0.1) is 0 Å². The molecule has 2 aliphatic heterocycles. The normalized spacial score (nSPS) is 24.9. The second kappa shape index (κ2) is 6.84. The zero-order chi connectivity index (χ0) is 17.3. The zero-order valence-electron chi connectivity index (χ0n) is 15.1. The Morgan fingerprint density at radius 1 is 0.958 bits per heavy atom. The smallest absolute Gasteiger partial charge is 0.138 e. The fraction of sp³-hybridized carbons (Fsp3) is 0.778. The van der Waals surface area contributed by atoms with Crippen LogP contribution in [0.3, 0.4) is 0 Å². The standard InChI is InChI=1S/C18H30N4O2/c1-18(2,3)17-19-15(21-8-4-6-13(21)11-23)10-16(20-17)22-9-5-7-14(22)12-24/h10,13-14,23-24H,4-9,11-12H2,1-3H3/t13-,14-/m1/s1. The van der Waals surface area contributed by atoms with Crippen molar-refractivity contribution in [3.05, 3.63) is 11.9 Å². The van der Waals surface area contributed by atoms with Gasteiger partial charge in [0.15, 0.2) is 0 Å². The van der Waals surface area contributed by atoms with Gasteiger partial charge >= 0.3 is 0 Å². The molecule has 2 fully saturated rings. The number of hydrogen-bond acceptors (Lipinski definition) is 6. The zero-order valence-corrected chi connectivity index (χ0v) is 15.1. The predicted octanol–water partition coefficient (Wildman–Crippen LogP) is 1.70. The van der Waals surface area contributed by atoms with E-state index in [1.165, 1.54) is 0 Å². The van der Waals surface area contributed by atoms with Crippen molar-refractivity contribution >= 4 is 11.6 Å². The first-order valence-electron chi connectivity index (χ1n) is 9.08. The van der Waals surface area contributed by atoms with Gasteiger partial charge in [0.1, 0.15) is 17.5 Å². The van der Waals surface area contributed by atoms with Gasteiger partial charge in [0.25, 0.3) is 0 Å². The van der Waals surface area contributed by atoms with Gasteiger partial charge in [0.2, 0.25) is 0 Å². The number of aliphatic hydroxyl groups is 2.